The molecule has 230 valence electrons. The third-order valence-electron chi connectivity index (χ3n) is 7.07. The number of aliphatic imine (C=N–C) groups is 1. The Kier molecular flexibility index (Phi) is 12.9. The summed E-state index contributed by atoms with van der Waals surface area (Å²) in [5.74, 6) is -1.93. The predicted molar refractivity (Wildman–Crippen MR) is 158 cm³/mol. The van der Waals surface area contributed by atoms with Crippen molar-refractivity contribution in [1.82, 2.24) is 0 Å². The Morgan fingerprint density at radius 3 is 2.48 bits per heavy atom. The first-order valence-corrected chi connectivity index (χ1v) is 13.4. The van der Waals surface area contributed by atoms with Crippen LogP contribution in [0.4, 0.5) is 16.2 Å². The average molecular weight is 588 g/mol. The highest BCUT2D eigenvalue weighted by Gasteiger charge is 2.30. The van der Waals surface area contributed by atoms with Gasteiger partial charge in [-0.3, -0.25) is 9.59 Å². The van der Waals surface area contributed by atoms with E-state index in [0.29, 0.717) is 18.3 Å². The van der Waals surface area contributed by atoms with Crippen molar-refractivity contribution in [1.29, 1.82) is 0 Å². The monoisotopic (exact) mass is 587 g/mol. The Hall–Kier alpha value is -4.00. The van der Waals surface area contributed by atoms with Gasteiger partial charge in [-0.15, -0.1) is 0 Å². The zero-order valence-electron chi connectivity index (χ0n) is 24.7. The molecule has 0 aliphatic carbocycles. The molecule has 2 bridgehead atoms. The number of primary amides is 1. The van der Waals surface area contributed by atoms with E-state index in [1.807, 2.05) is 6.92 Å². The Balaban J connectivity index is 2.69. The standard InChI is InChI=1S/C30H41N3O9/c1-16-12-20-25(32-10-11-34)22(35)15-21(27(20)37)33-29(38)17(2)8-7-9-23(40-5)28(42-30(31)39)19(4)14-18(3)26(36)24(13-16)41-6/h7-11,14-16,18,23-24,26,28,35-37H,12-13H2,1-6H3,(H2,31,39)(H,33,38). The summed E-state index contributed by atoms with van der Waals surface area (Å²) >= 11 is 0. The maximum atomic E-state index is 13.0. The molecule has 42 heavy (non-hydrogen) atoms. The lowest BCUT2D eigenvalue weighted by molar-refractivity contribution is -0.112. The van der Waals surface area contributed by atoms with Crippen molar-refractivity contribution in [2.24, 2.45) is 22.6 Å². The number of aromatic hydroxyl groups is 2. The van der Waals surface area contributed by atoms with Crippen LogP contribution in [0.1, 0.15) is 39.7 Å². The van der Waals surface area contributed by atoms with Crippen LogP contribution < -0.4 is 11.1 Å². The largest absolute Gasteiger partial charge is 0.506 e. The van der Waals surface area contributed by atoms with E-state index in [9.17, 15) is 29.7 Å². The molecule has 0 saturated heterocycles. The Bertz CT molecular complexity index is 1250. The minimum atomic E-state index is -1.01. The molecule has 12 heteroatoms. The van der Waals surface area contributed by atoms with Gasteiger partial charge in [0.1, 0.15) is 23.3 Å². The number of hydrogen-bond acceptors (Lipinski definition) is 10. The molecule has 12 nitrogen and oxygen atoms in total. The fourth-order valence-corrected chi connectivity index (χ4v) is 4.84. The number of fused-ring (bicyclic) bond motifs is 2. The molecule has 0 radical (unpaired) electrons. The number of nitrogens with zero attached hydrogens (tertiary/aromatic N) is 1. The van der Waals surface area contributed by atoms with E-state index in [1.165, 1.54) is 20.3 Å². The SMILES string of the molecule is COC1C=CC=C(C)C(=O)Nc2cc(O)c(N=CC=O)c(c2O)CC(C)CC(OC)C(O)C(C)C=C(C)C1OC(N)=O. The van der Waals surface area contributed by atoms with Gasteiger partial charge < -0.3 is 40.6 Å². The zero-order valence-corrected chi connectivity index (χ0v) is 24.7. The van der Waals surface area contributed by atoms with Crippen LogP contribution in [0.5, 0.6) is 11.5 Å². The molecule has 6 unspecified atom stereocenters. The number of anilines is 1. The Labute approximate surface area is 245 Å². The average Bonchev–Trinajstić information content (AvgIpc) is 2.94. The number of phenols is 2. The van der Waals surface area contributed by atoms with Gasteiger partial charge in [0.2, 0.25) is 0 Å². The molecule has 2 rings (SSSR count). The minimum absolute atomic E-state index is 0.0157. The molecule has 1 aliphatic rings. The summed E-state index contributed by atoms with van der Waals surface area (Å²) in [5, 5.41) is 35.6. The van der Waals surface area contributed by atoms with Gasteiger partial charge in [-0.1, -0.05) is 38.2 Å². The van der Waals surface area contributed by atoms with Crippen LogP contribution in [-0.4, -0.2) is 78.5 Å². The van der Waals surface area contributed by atoms with Crippen molar-refractivity contribution in [2.75, 3.05) is 19.5 Å². The number of aliphatic hydroxyl groups excluding tert-OH is 1. The van der Waals surface area contributed by atoms with E-state index in [4.69, 9.17) is 19.9 Å². The van der Waals surface area contributed by atoms with E-state index >= 15 is 0 Å². The van der Waals surface area contributed by atoms with E-state index in [1.54, 1.807) is 39.0 Å². The summed E-state index contributed by atoms with van der Waals surface area (Å²) in [6.07, 6.45) is 3.90. The van der Waals surface area contributed by atoms with Crippen LogP contribution in [0.3, 0.4) is 0 Å². The molecule has 0 aromatic heterocycles. The molecule has 1 heterocycles. The van der Waals surface area contributed by atoms with Gasteiger partial charge >= 0.3 is 6.09 Å². The molecule has 0 fully saturated rings. The first-order valence-electron chi connectivity index (χ1n) is 13.4. The Morgan fingerprint density at radius 1 is 1.19 bits per heavy atom. The topological polar surface area (TPSA) is 190 Å². The molecule has 1 aliphatic heterocycles. The molecular weight excluding hydrogens is 546 g/mol. The highest BCUT2D eigenvalue weighted by atomic mass is 16.6. The van der Waals surface area contributed by atoms with Crippen LogP contribution in [0.15, 0.2) is 46.5 Å². The van der Waals surface area contributed by atoms with E-state index in [2.05, 4.69) is 10.3 Å². The number of nitrogens with two attached hydrogens (primary N) is 1. The Morgan fingerprint density at radius 2 is 1.88 bits per heavy atom. The first kappa shape index (κ1) is 34.2. The molecule has 2 amide bonds. The van der Waals surface area contributed by atoms with Gasteiger partial charge in [0.05, 0.1) is 24.1 Å². The van der Waals surface area contributed by atoms with E-state index in [-0.39, 0.29) is 46.3 Å². The summed E-state index contributed by atoms with van der Waals surface area (Å²) in [4.78, 5) is 39.6. The minimum Gasteiger partial charge on any atom is -0.506 e. The number of nitrogens with one attached hydrogen (secondary N) is 1. The third-order valence-corrected chi connectivity index (χ3v) is 7.07. The van der Waals surface area contributed by atoms with Gasteiger partial charge in [-0.2, -0.15) is 0 Å². The van der Waals surface area contributed by atoms with Crippen LogP contribution in [0.25, 0.3) is 0 Å². The van der Waals surface area contributed by atoms with Gasteiger partial charge in [-0.25, -0.2) is 9.79 Å². The second-order valence-corrected chi connectivity index (χ2v) is 10.4. The number of allylic oxidation sites excluding steroid dienone is 2. The van der Waals surface area contributed by atoms with Gasteiger partial charge in [-0.05, 0) is 38.2 Å². The van der Waals surface area contributed by atoms with Crippen molar-refractivity contribution in [3.8, 4) is 11.5 Å². The van der Waals surface area contributed by atoms with Crippen LogP contribution in [-0.2, 0) is 30.2 Å². The predicted octanol–water partition coefficient (Wildman–Crippen LogP) is 3.46. The summed E-state index contributed by atoms with van der Waals surface area (Å²) in [6.45, 7) is 6.92. The lowest BCUT2D eigenvalue weighted by atomic mass is 9.87. The number of carbonyl (C=O) groups is 3. The van der Waals surface area contributed by atoms with Crippen molar-refractivity contribution >= 4 is 35.9 Å². The van der Waals surface area contributed by atoms with Gasteiger partial charge in [0.15, 0.2) is 12.4 Å². The molecule has 1 aromatic rings. The summed E-state index contributed by atoms with van der Waals surface area (Å²) < 4.78 is 16.5. The van der Waals surface area contributed by atoms with Crippen molar-refractivity contribution in [3.05, 3.63) is 47.1 Å². The molecule has 6 N–H and O–H groups in total. The number of amides is 2. The summed E-state index contributed by atoms with van der Waals surface area (Å²) in [5.41, 5.74) is 6.29. The van der Waals surface area contributed by atoms with Crippen molar-refractivity contribution in [3.63, 3.8) is 0 Å². The van der Waals surface area contributed by atoms with Crippen molar-refractivity contribution < 1.29 is 43.9 Å². The number of rotatable bonds is 5. The van der Waals surface area contributed by atoms with E-state index in [0.717, 1.165) is 12.3 Å². The van der Waals surface area contributed by atoms with Gasteiger partial charge in [0, 0.05) is 37.3 Å². The third kappa shape index (κ3) is 9.00. The highest BCUT2D eigenvalue weighted by Crippen LogP contribution is 2.44. The lowest BCUT2D eigenvalue weighted by Gasteiger charge is -2.29. The fraction of sp³-hybridized carbons (Fsp3) is 0.467. The highest BCUT2D eigenvalue weighted by molar-refractivity contribution is 6.14. The number of methoxy groups -OCH3 is 2. The summed E-state index contributed by atoms with van der Waals surface area (Å²) in [7, 11) is 2.90. The van der Waals surface area contributed by atoms with Gasteiger partial charge in [0.25, 0.3) is 5.91 Å². The lowest BCUT2D eigenvalue weighted by Crippen LogP contribution is -2.37. The maximum absolute atomic E-state index is 13.0. The first-order chi connectivity index (χ1) is 19.8. The molecule has 6 atom stereocenters. The fourth-order valence-electron chi connectivity index (χ4n) is 4.84. The maximum Gasteiger partial charge on any atom is 0.405 e. The molecule has 0 saturated carbocycles. The number of ether oxygens (including phenoxy) is 3. The number of aliphatic hydroxyl groups is 1. The number of phenolic OH excluding ortho intramolecular Hbond substituents is 2. The normalized spacial score (nSPS) is 26.3. The summed E-state index contributed by atoms with van der Waals surface area (Å²) in [6, 6.07) is 1.15. The van der Waals surface area contributed by atoms with E-state index < -0.39 is 42.3 Å². The quantitative estimate of drug-likeness (QED) is 0.113. The van der Waals surface area contributed by atoms with Crippen LogP contribution >= 0.6 is 0 Å². The van der Waals surface area contributed by atoms with Crippen molar-refractivity contribution in [2.45, 2.75) is 65.0 Å². The number of benzene rings is 1. The molecular formula is C30H41N3O9. The second-order valence-electron chi connectivity index (χ2n) is 10.4. The smallest absolute Gasteiger partial charge is 0.405 e. The molecule has 1 aromatic carbocycles. The number of aldehydes is 1. The van der Waals surface area contributed by atoms with Crippen LogP contribution in [0.2, 0.25) is 0 Å². The molecule has 0 spiro atoms. The van der Waals surface area contributed by atoms with Crippen LogP contribution in [0, 0.1) is 11.8 Å². The second kappa shape index (κ2) is 15.9. The zero-order chi connectivity index (χ0) is 31.6. The number of carbonyl (C=O) groups excluding carboxylic acids is 3. The number of hydrogen-bond donors (Lipinski definition) is 5.